The van der Waals surface area contributed by atoms with Crippen molar-refractivity contribution in [3.63, 3.8) is 0 Å². The molecular formula is C16H23FN2O. The number of hydrogen-bond acceptors (Lipinski definition) is 2. The molecule has 1 amide bonds. The molecule has 20 heavy (non-hydrogen) atoms. The molecule has 0 aliphatic heterocycles. The first-order valence-corrected chi connectivity index (χ1v) is 7.28. The van der Waals surface area contributed by atoms with E-state index in [1.165, 1.54) is 6.07 Å². The third kappa shape index (κ3) is 3.79. The monoisotopic (exact) mass is 278 g/mol. The van der Waals surface area contributed by atoms with Crippen molar-refractivity contribution < 1.29 is 9.18 Å². The highest BCUT2D eigenvalue weighted by atomic mass is 19.1. The topological polar surface area (TPSA) is 46.3 Å². The van der Waals surface area contributed by atoms with E-state index in [0.717, 1.165) is 12.8 Å². The lowest BCUT2D eigenvalue weighted by Gasteiger charge is -2.26. The van der Waals surface area contributed by atoms with E-state index in [1.807, 2.05) is 13.8 Å². The minimum Gasteiger partial charge on any atom is -0.334 e. The molecule has 2 rings (SSSR count). The summed E-state index contributed by atoms with van der Waals surface area (Å²) in [6.45, 7) is 4.42. The standard InChI is InChI=1S/C16H23FN2O/c1-11(2)9-15(18)16(20)19(13-7-8-13)10-12-5-3-4-6-14(12)17/h3-6,11,13,15H,7-10,18H2,1-2H3/t15-/m1/s1. The Morgan fingerprint density at radius 3 is 2.60 bits per heavy atom. The van der Waals surface area contributed by atoms with Crippen LogP contribution in [0, 0.1) is 11.7 Å². The zero-order valence-electron chi connectivity index (χ0n) is 12.2. The summed E-state index contributed by atoms with van der Waals surface area (Å²) in [5, 5.41) is 0. The predicted molar refractivity (Wildman–Crippen MR) is 77.4 cm³/mol. The fraction of sp³-hybridized carbons (Fsp3) is 0.562. The maximum atomic E-state index is 13.7. The van der Waals surface area contributed by atoms with E-state index in [2.05, 4.69) is 0 Å². The number of carbonyl (C=O) groups is 1. The van der Waals surface area contributed by atoms with E-state index in [0.29, 0.717) is 24.4 Å². The third-order valence-electron chi connectivity index (χ3n) is 3.61. The summed E-state index contributed by atoms with van der Waals surface area (Å²) in [6, 6.07) is 6.36. The molecule has 1 saturated carbocycles. The number of halogens is 1. The molecule has 1 atom stereocenters. The molecule has 0 aromatic heterocycles. The van der Waals surface area contributed by atoms with Gasteiger partial charge in [-0.1, -0.05) is 32.0 Å². The molecule has 1 aliphatic carbocycles. The van der Waals surface area contributed by atoms with Crippen molar-refractivity contribution in [2.24, 2.45) is 11.7 Å². The van der Waals surface area contributed by atoms with Gasteiger partial charge in [0.15, 0.2) is 0 Å². The molecule has 0 radical (unpaired) electrons. The highest BCUT2D eigenvalue weighted by molar-refractivity contribution is 5.82. The first-order chi connectivity index (χ1) is 9.49. The van der Waals surface area contributed by atoms with Crippen LogP contribution >= 0.6 is 0 Å². The van der Waals surface area contributed by atoms with Crippen molar-refractivity contribution in [2.45, 2.75) is 51.7 Å². The fourth-order valence-electron chi connectivity index (χ4n) is 2.40. The van der Waals surface area contributed by atoms with Gasteiger partial charge in [-0.05, 0) is 31.2 Å². The molecule has 1 aliphatic rings. The number of hydrogen-bond donors (Lipinski definition) is 1. The smallest absolute Gasteiger partial charge is 0.240 e. The van der Waals surface area contributed by atoms with Gasteiger partial charge in [0.25, 0.3) is 0 Å². The summed E-state index contributed by atoms with van der Waals surface area (Å²) in [5.41, 5.74) is 6.55. The van der Waals surface area contributed by atoms with Crippen LogP contribution in [0.5, 0.6) is 0 Å². The van der Waals surface area contributed by atoms with Crippen molar-refractivity contribution in [1.82, 2.24) is 4.90 Å². The Morgan fingerprint density at radius 2 is 2.05 bits per heavy atom. The van der Waals surface area contributed by atoms with Crippen LogP contribution < -0.4 is 5.73 Å². The molecule has 0 saturated heterocycles. The average molecular weight is 278 g/mol. The second kappa shape index (κ2) is 6.35. The average Bonchev–Trinajstić information content (AvgIpc) is 3.20. The van der Waals surface area contributed by atoms with Gasteiger partial charge in [-0.3, -0.25) is 4.79 Å². The van der Waals surface area contributed by atoms with E-state index in [9.17, 15) is 9.18 Å². The second-order valence-corrected chi connectivity index (χ2v) is 6.02. The van der Waals surface area contributed by atoms with Crippen LogP contribution in [0.3, 0.4) is 0 Å². The normalized spacial score (nSPS) is 16.2. The summed E-state index contributed by atoms with van der Waals surface area (Å²) >= 11 is 0. The van der Waals surface area contributed by atoms with E-state index >= 15 is 0 Å². The SMILES string of the molecule is CC(C)C[C@@H](N)C(=O)N(Cc1ccccc1F)C1CC1. The summed E-state index contributed by atoms with van der Waals surface area (Å²) in [6.07, 6.45) is 2.66. The zero-order valence-corrected chi connectivity index (χ0v) is 12.2. The molecule has 0 spiro atoms. The Hall–Kier alpha value is -1.42. The van der Waals surface area contributed by atoms with Gasteiger partial charge < -0.3 is 10.6 Å². The third-order valence-corrected chi connectivity index (χ3v) is 3.61. The summed E-state index contributed by atoms with van der Waals surface area (Å²) < 4.78 is 13.7. The highest BCUT2D eigenvalue weighted by Crippen LogP contribution is 2.29. The van der Waals surface area contributed by atoms with Gasteiger partial charge in [0.2, 0.25) is 5.91 Å². The van der Waals surface area contributed by atoms with Crippen LogP contribution in [0.1, 0.15) is 38.7 Å². The molecule has 1 aromatic carbocycles. The number of nitrogens with zero attached hydrogens (tertiary/aromatic N) is 1. The molecule has 3 nitrogen and oxygen atoms in total. The quantitative estimate of drug-likeness (QED) is 0.869. The van der Waals surface area contributed by atoms with E-state index in [1.54, 1.807) is 23.1 Å². The minimum absolute atomic E-state index is 0.0514. The number of nitrogens with two attached hydrogens (primary N) is 1. The molecule has 2 N–H and O–H groups in total. The van der Waals surface area contributed by atoms with Gasteiger partial charge in [0.05, 0.1) is 6.04 Å². The summed E-state index contributed by atoms with van der Waals surface area (Å²) in [7, 11) is 0. The maximum absolute atomic E-state index is 13.7. The van der Waals surface area contributed by atoms with Gasteiger partial charge in [0.1, 0.15) is 5.82 Å². The number of carbonyl (C=O) groups excluding carboxylic acids is 1. The fourth-order valence-corrected chi connectivity index (χ4v) is 2.40. The molecule has 4 heteroatoms. The molecule has 1 fully saturated rings. The van der Waals surface area contributed by atoms with Crippen molar-refractivity contribution in [3.8, 4) is 0 Å². The maximum Gasteiger partial charge on any atom is 0.240 e. The molecule has 0 unspecified atom stereocenters. The predicted octanol–water partition coefficient (Wildman–Crippen LogP) is 2.69. The summed E-state index contributed by atoms with van der Waals surface area (Å²) in [4.78, 5) is 14.2. The largest absolute Gasteiger partial charge is 0.334 e. The lowest BCUT2D eigenvalue weighted by Crippen LogP contribution is -2.45. The van der Waals surface area contributed by atoms with Crippen molar-refractivity contribution in [2.75, 3.05) is 0 Å². The Kier molecular flexibility index (Phi) is 4.76. The van der Waals surface area contributed by atoms with Crippen molar-refractivity contribution in [1.29, 1.82) is 0 Å². The van der Waals surface area contributed by atoms with Gasteiger partial charge in [-0.15, -0.1) is 0 Å². The van der Waals surface area contributed by atoms with Crippen LogP contribution in [0.15, 0.2) is 24.3 Å². The van der Waals surface area contributed by atoms with Crippen LogP contribution in [0.25, 0.3) is 0 Å². The lowest BCUT2D eigenvalue weighted by molar-refractivity contribution is -0.134. The van der Waals surface area contributed by atoms with E-state index in [-0.39, 0.29) is 17.8 Å². The Balaban J connectivity index is 2.08. The van der Waals surface area contributed by atoms with Crippen LogP contribution in [-0.4, -0.2) is 22.9 Å². The number of benzene rings is 1. The molecule has 110 valence electrons. The van der Waals surface area contributed by atoms with Gasteiger partial charge in [-0.2, -0.15) is 0 Å². The zero-order chi connectivity index (χ0) is 14.7. The van der Waals surface area contributed by atoms with Crippen molar-refractivity contribution >= 4 is 5.91 Å². The van der Waals surface area contributed by atoms with Crippen LogP contribution in [0.2, 0.25) is 0 Å². The first-order valence-electron chi connectivity index (χ1n) is 7.28. The Morgan fingerprint density at radius 1 is 1.40 bits per heavy atom. The number of amides is 1. The molecular weight excluding hydrogens is 255 g/mol. The molecule has 0 bridgehead atoms. The van der Waals surface area contributed by atoms with Crippen LogP contribution in [-0.2, 0) is 11.3 Å². The highest BCUT2D eigenvalue weighted by Gasteiger charge is 2.35. The van der Waals surface area contributed by atoms with Gasteiger partial charge in [0, 0.05) is 18.2 Å². The Bertz CT molecular complexity index is 471. The molecule has 1 aromatic rings. The first kappa shape index (κ1) is 15.0. The summed E-state index contributed by atoms with van der Waals surface area (Å²) in [5.74, 6) is 0.0660. The van der Waals surface area contributed by atoms with E-state index < -0.39 is 6.04 Å². The minimum atomic E-state index is -0.484. The van der Waals surface area contributed by atoms with Crippen molar-refractivity contribution in [3.05, 3.63) is 35.6 Å². The molecule has 0 heterocycles. The van der Waals surface area contributed by atoms with Gasteiger partial charge >= 0.3 is 0 Å². The lowest BCUT2D eigenvalue weighted by atomic mass is 10.0. The van der Waals surface area contributed by atoms with E-state index in [4.69, 9.17) is 5.73 Å². The number of rotatable bonds is 6. The van der Waals surface area contributed by atoms with Crippen LogP contribution in [0.4, 0.5) is 4.39 Å². The van der Waals surface area contributed by atoms with Gasteiger partial charge in [-0.25, -0.2) is 4.39 Å². The Labute approximate surface area is 120 Å². The second-order valence-electron chi connectivity index (χ2n) is 6.02.